The van der Waals surface area contributed by atoms with Crippen LogP contribution in [0.25, 0.3) is 0 Å². The van der Waals surface area contributed by atoms with Crippen LogP contribution in [0.1, 0.15) is 39.5 Å². The molecule has 30 heavy (non-hydrogen) atoms. The van der Waals surface area contributed by atoms with Crippen molar-refractivity contribution in [3.05, 3.63) is 87.6 Å². The Morgan fingerprint density at radius 1 is 1.13 bits per heavy atom. The summed E-state index contributed by atoms with van der Waals surface area (Å²) in [6.45, 7) is 3.52. The molecule has 2 aliphatic heterocycles. The molecule has 2 aromatic heterocycles. The first kappa shape index (κ1) is 18.8. The lowest BCUT2D eigenvalue weighted by molar-refractivity contribution is 0.0948. The van der Waals surface area contributed by atoms with E-state index in [2.05, 4.69) is 15.7 Å². The van der Waals surface area contributed by atoms with Crippen LogP contribution in [0.15, 0.2) is 59.7 Å². The van der Waals surface area contributed by atoms with Crippen LogP contribution in [0.4, 0.5) is 0 Å². The largest absolute Gasteiger partial charge is 0.348 e. The summed E-state index contributed by atoms with van der Waals surface area (Å²) in [4.78, 5) is 25.9. The second-order valence-electron chi connectivity index (χ2n) is 8.20. The van der Waals surface area contributed by atoms with Crippen LogP contribution in [0.3, 0.4) is 0 Å². The molecule has 0 unspecified atom stereocenters. The highest BCUT2D eigenvalue weighted by Gasteiger charge is 2.31. The number of carbonyl (C=O) groups excluding carboxylic acids is 1. The number of rotatable bonds is 5. The fourth-order valence-electron chi connectivity index (χ4n) is 4.69. The van der Waals surface area contributed by atoms with E-state index in [-0.39, 0.29) is 17.0 Å². The Kier molecular flexibility index (Phi) is 4.96. The average Bonchev–Trinajstić information content (AvgIpc) is 3.27. The van der Waals surface area contributed by atoms with Gasteiger partial charge in [0.1, 0.15) is 5.56 Å². The van der Waals surface area contributed by atoms with Crippen molar-refractivity contribution < 1.29 is 4.79 Å². The number of nitrogens with one attached hydrogen (secondary N) is 2. The first-order valence-electron chi connectivity index (χ1n) is 10.5. The number of fused-ring (bicyclic) bond motifs is 4. The Hall–Kier alpha value is -3.19. The van der Waals surface area contributed by atoms with E-state index in [1.165, 1.54) is 0 Å². The molecule has 0 aliphatic carbocycles. The number of benzene rings is 1. The number of aromatic nitrogens is 3. The van der Waals surface area contributed by atoms with Gasteiger partial charge in [-0.2, -0.15) is 5.10 Å². The van der Waals surface area contributed by atoms with Crippen molar-refractivity contribution in [2.75, 3.05) is 13.1 Å². The first-order chi connectivity index (χ1) is 14.7. The fraction of sp³-hybridized carbons (Fsp3) is 0.348. The highest BCUT2D eigenvalue weighted by Crippen LogP contribution is 2.31. The minimum atomic E-state index is -0.321. The second-order valence-corrected chi connectivity index (χ2v) is 8.20. The molecule has 5 rings (SSSR count). The molecule has 154 valence electrons. The van der Waals surface area contributed by atoms with Crippen LogP contribution < -0.4 is 16.2 Å². The number of pyridine rings is 1. The van der Waals surface area contributed by atoms with Crippen molar-refractivity contribution in [1.29, 1.82) is 0 Å². The molecule has 0 saturated carbocycles. The smallest absolute Gasteiger partial charge is 0.263 e. The van der Waals surface area contributed by atoms with Gasteiger partial charge in [-0.25, -0.2) is 0 Å². The van der Waals surface area contributed by atoms with E-state index in [0.717, 1.165) is 36.3 Å². The van der Waals surface area contributed by atoms with E-state index in [4.69, 9.17) is 0 Å². The van der Waals surface area contributed by atoms with Crippen molar-refractivity contribution in [2.24, 2.45) is 5.92 Å². The van der Waals surface area contributed by atoms with E-state index in [0.29, 0.717) is 31.5 Å². The predicted molar refractivity (Wildman–Crippen MR) is 113 cm³/mol. The molecule has 2 aliphatic rings. The fourth-order valence-corrected chi connectivity index (χ4v) is 4.69. The third kappa shape index (κ3) is 3.57. The topological polar surface area (TPSA) is 81.0 Å². The van der Waals surface area contributed by atoms with Crippen LogP contribution >= 0.6 is 0 Å². The molecule has 7 nitrogen and oxygen atoms in total. The lowest BCUT2D eigenvalue weighted by Crippen LogP contribution is -2.46. The van der Waals surface area contributed by atoms with E-state index < -0.39 is 0 Å². The lowest BCUT2D eigenvalue weighted by atomic mass is 9.84. The molecule has 1 amide bonds. The molecule has 0 spiro atoms. The molecule has 7 heteroatoms. The summed E-state index contributed by atoms with van der Waals surface area (Å²) in [7, 11) is 0. The number of piperidine rings is 1. The van der Waals surface area contributed by atoms with Crippen LogP contribution in [0.5, 0.6) is 0 Å². The monoisotopic (exact) mass is 403 g/mol. The van der Waals surface area contributed by atoms with Crippen molar-refractivity contribution in [3.63, 3.8) is 0 Å². The third-order valence-corrected chi connectivity index (χ3v) is 6.20. The van der Waals surface area contributed by atoms with Crippen molar-refractivity contribution in [3.8, 4) is 0 Å². The van der Waals surface area contributed by atoms with Gasteiger partial charge in [-0.3, -0.25) is 14.3 Å². The highest BCUT2D eigenvalue weighted by molar-refractivity contribution is 5.93. The van der Waals surface area contributed by atoms with Gasteiger partial charge in [-0.05, 0) is 48.2 Å². The van der Waals surface area contributed by atoms with Crippen molar-refractivity contribution >= 4 is 5.91 Å². The molecule has 3 aromatic rings. The van der Waals surface area contributed by atoms with E-state index in [1.807, 2.05) is 51.8 Å². The SMILES string of the molecule is O=C(NCc1ccccc1Cn1cccn1)c1ccc2n(c1=O)C[C@@H]1CNC[C@H]2C1. The van der Waals surface area contributed by atoms with E-state index in [1.54, 1.807) is 12.3 Å². The summed E-state index contributed by atoms with van der Waals surface area (Å²) in [5.41, 5.74) is 3.19. The molecule has 1 saturated heterocycles. The predicted octanol–water partition coefficient (Wildman–Crippen LogP) is 1.73. The zero-order chi connectivity index (χ0) is 20.5. The summed E-state index contributed by atoms with van der Waals surface area (Å²) in [5, 5.41) is 10.6. The van der Waals surface area contributed by atoms with E-state index in [9.17, 15) is 9.59 Å². The van der Waals surface area contributed by atoms with E-state index >= 15 is 0 Å². The quantitative estimate of drug-likeness (QED) is 0.680. The van der Waals surface area contributed by atoms with Gasteiger partial charge in [-0.1, -0.05) is 24.3 Å². The molecule has 4 heterocycles. The third-order valence-electron chi connectivity index (χ3n) is 6.20. The number of hydrogen-bond acceptors (Lipinski definition) is 4. The van der Waals surface area contributed by atoms with Gasteiger partial charge in [0.05, 0.1) is 6.54 Å². The Bertz CT molecular complexity index is 1120. The number of amides is 1. The number of hydrogen-bond donors (Lipinski definition) is 2. The van der Waals surface area contributed by atoms with Gasteiger partial charge >= 0.3 is 0 Å². The van der Waals surface area contributed by atoms with Crippen LogP contribution in [0, 0.1) is 5.92 Å². The lowest BCUT2D eigenvalue weighted by Gasteiger charge is -2.37. The number of nitrogens with zero attached hydrogens (tertiary/aromatic N) is 3. The van der Waals surface area contributed by atoms with Gasteiger partial charge in [0.25, 0.3) is 11.5 Å². The Morgan fingerprint density at radius 2 is 2.00 bits per heavy atom. The summed E-state index contributed by atoms with van der Waals surface area (Å²) in [6.07, 6.45) is 4.78. The minimum Gasteiger partial charge on any atom is -0.348 e. The Morgan fingerprint density at radius 3 is 2.83 bits per heavy atom. The van der Waals surface area contributed by atoms with Gasteiger partial charge in [0.15, 0.2) is 0 Å². The molecule has 1 fully saturated rings. The molecule has 2 atom stereocenters. The average molecular weight is 403 g/mol. The maximum absolute atomic E-state index is 13.0. The zero-order valence-electron chi connectivity index (χ0n) is 16.8. The standard InChI is InChI=1S/C23H25N5O2/c29-22(25-13-17-4-1-2-5-18(17)15-27-9-3-8-26-27)20-6-7-21-19-10-16(11-24-12-19)14-28(21)23(20)30/h1-9,16,19,24H,10-15H2,(H,25,29)/t16-,19+/m0/s1. The normalized spacial score (nSPS) is 19.9. The molecular formula is C23H25N5O2. The first-order valence-corrected chi connectivity index (χ1v) is 10.5. The Balaban J connectivity index is 1.34. The van der Waals surface area contributed by atoms with Crippen LogP contribution in [-0.2, 0) is 19.6 Å². The molecule has 1 aromatic carbocycles. The molecule has 2 bridgehead atoms. The maximum Gasteiger partial charge on any atom is 0.263 e. The Labute approximate surface area is 174 Å². The van der Waals surface area contributed by atoms with Gasteiger partial charge < -0.3 is 15.2 Å². The summed E-state index contributed by atoms with van der Waals surface area (Å²) >= 11 is 0. The molecule has 0 radical (unpaired) electrons. The highest BCUT2D eigenvalue weighted by atomic mass is 16.2. The van der Waals surface area contributed by atoms with Crippen molar-refractivity contribution in [1.82, 2.24) is 25.0 Å². The zero-order valence-corrected chi connectivity index (χ0v) is 16.8. The van der Waals surface area contributed by atoms with Crippen LogP contribution in [0.2, 0.25) is 0 Å². The van der Waals surface area contributed by atoms with Gasteiger partial charge in [-0.15, -0.1) is 0 Å². The number of carbonyl (C=O) groups is 1. The summed E-state index contributed by atoms with van der Waals surface area (Å²) in [6, 6.07) is 13.5. The molecule has 2 N–H and O–H groups in total. The van der Waals surface area contributed by atoms with Gasteiger partial charge in [0, 0.05) is 43.6 Å². The summed E-state index contributed by atoms with van der Waals surface area (Å²) < 4.78 is 3.67. The van der Waals surface area contributed by atoms with Crippen molar-refractivity contribution in [2.45, 2.75) is 32.0 Å². The summed E-state index contributed by atoms with van der Waals surface area (Å²) in [5.74, 6) is 0.496. The van der Waals surface area contributed by atoms with Gasteiger partial charge in [0.2, 0.25) is 0 Å². The minimum absolute atomic E-state index is 0.175. The second kappa shape index (κ2) is 7.91. The van der Waals surface area contributed by atoms with Crippen LogP contribution in [-0.4, -0.2) is 33.3 Å². The maximum atomic E-state index is 13.0. The molecular weight excluding hydrogens is 378 g/mol.